The van der Waals surface area contributed by atoms with Crippen LogP contribution in [0.1, 0.15) is 5.56 Å². The first kappa shape index (κ1) is 10.7. The molecule has 0 spiro atoms. The number of nitrogens with zero attached hydrogens (tertiary/aromatic N) is 1. The molecule has 1 aromatic carbocycles. The predicted octanol–water partition coefficient (Wildman–Crippen LogP) is 2.36. The molecule has 1 heterocycles. The van der Waals surface area contributed by atoms with Gasteiger partial charge in [-0.05, 0) is 24.6 Å². The lowest BCUT2D eigenvalue weighted by molar-refractivity contribution is -0.697. The number of hydrogen-bond donors (Lipinski definition) is 0. The van der Waals surface area contributed by atoms with Crippen LogP contribution in [0, 0.1) is 6.92 Å². The Bertz CT molecular complexity index is 439. The molecule has 0 bridgehead atoms. The Kier molecular flexibility index (Phi) is 3.54. The molecule has 0 amide bonds. The van der Waals surface area contributed by atoms with Gasteiger partial charge in [-0.15, -0.1) is 0 Å². The summed E-state index contributed by atoms with van der Waals surface area (Å²) >= 11 is 0. The maximum atomic E-state index is 5.67. The highest BCUT2D eigenvalue weighted by atomic mass is 16.5. The Morgan fingerprint density at radius 1 is 1.06 bits per heavy atom. The van der Waals surface area contributed by atoms with Gasteiger partial charge in [-0.25, -0.2) is 4.57 Å². The second-order valence-electron chi connectivity index (χ2n) is 3.78. The van der Waals surface area contributed by atoms with Crippen LogP contribution in [0.2, 0.25) is 0 Å². The van der Waals surface area contributed by atoms with E-state index >= 15 is 0 Å². The first-order valence-electron chi connectivity index (χ1n) is 5.48. The van der Waals surface area contributed by atoms with Crippen LogP contribution in [0.4, 0.5) is 0 Å². The monoisotopic (exact) mass is 214 g/mol. The normalized spacial score (nSPS) is 10.1. The van der Waals surface area contributed by atoms with Crippen molar-refractivity contribution < 1.29 is 9.30 Å². The van der Waals surface area contributed by atoms with Crippen molar-refractivity contribution in [2.24, 2.45) is 0 Å². The zero-order chi connectivity index (χ0) is 11.2. The number of rotatable bonds is 4. The van der Waals surface area contributed by atoms with E-state index in [0.717, 1.165) is 12.3 Å². The van der Waals surface area contributed by atoms with Crippen LogP contribution in [-0.4, -0.2) is 6.61 Å². The molecular weight excluding hydrogens is 198 g/mol. The van der Waals surface area contributed by atoms with E-state index in [1.165, 1.54) is 5.56 Å². The number of benzene rings is 1. The molecule has 0 saturated heterocycles. The molecule has 0 N–H and O–H groups in total. The molecule has 82 valence electrons. The Labute approximate surface area is 96.1 Å². The molecule has 0 fully saturated rings. The van der Waals surface area contributed by atoms with Crippen molar-refractivity contribution in [1.82, 2.24) is 0 Å². The predicted molar refractivity (Wildman–Crippen MR) is 63.3 cm³/mol. The van der Waals surface area contributed by atoms with E-state index < -0.39 is 0 Å². The Hall–Kier alpha value is -1.83. The van der Waals surface area contributed by atoms with Crippen LogP contribution < -0.4 is 9.30 Å². The van der Waals surface area contributed by atoms with Gasteiger partial charge in [-0.3, -0.25) is 0 Å². The summed E-state index contributed by atoms with van der Waals surface area (Å²) in [5.74, 6) is 0.941. The number of hydrogen-bond acceptors (Lipinski definition) is 1. The van der Waals surface area contributed by atoms with Crippen LogP contribution in [-0.2, 0) is 6.54 Å². The Morgan fingerprint density at radius 3 is 2.62 bits per heavy atom. The number of pyridine rings is 1. The minimum Gasteiger partial charge on any atom is -0.487 e. The van der Waals surface area contributed by atoms with Crippen LogP contribution in [0.25, 0.3) is 0 Å². The molecule has 0 saturated carbocycles. The van der Waals surface area contributed by atoms with Crippen LogP contribution in [0.15, 0.2) is 54.9 Å². The summed E-state index contributed by atoms with van der Waals surface area (Å²) in [5, 5.41) is 0. The van der Waals surface area contributed by atoms with Gasteiger partial charge >= 0.3 is 0 Å². The van der Waals surface area contributed by atoms with Crippen molar-refractivity contribution >= 4 is 0 Å². The SMILES string of the molecule is Cc1cccc(OCC[n+]2ccccc2)c1. The summed E-state index contributed by atoms with van der Waals surface area (Å²) in [6.07, 6.45) is 4.08. The molecule has 0 aliphatic heterocycles. The van der Waals surface area contributed by atoms with Crippen LogP contribution in [0.5, 0.6) is 5.75 Å². The van der Waals surface area contributed by atoms with Gasteiger partial charge in [0.1, 0.15) is 12.4 Å². The zero-order valence-corrected chi connectivity index (χ0v) is 9.47. The van der Waals surface area contributed by atoms with Crippen LogP contribution in [0.3, 0.4) is 0 Å². The summed E-state index contributed by atoms with van der Waals surface area (Å²) in [5.41, 5.74) is 1.23. The topological polar surface area (TPSA) is 13.1 Å². The van der Waals surface area contributed by atoms with E-state index in [0.29, 0.717) is 6.61 Å². The highest BCUT2D eigenvalue weighted by Gasteiger charge is 1.99. The van der Waals surface area contributed by atoms with E-state index in [4.69, 9.17) is 4.74 Å². The fourth-order valence-corrected chi connectivity index (χ4v) is 1.56. The second kappa shape index (κ2) is 5.31. The molecule has 1 aromatic heterocycles. The summed E-state index contributed by atoms with van der Waals surface area (Å²) in [4.78, 5) is 0. The molecule has 2 aromatic rings. The van der Waals surface area contributed by atoms with Gasteiger partial charge in [0.15, 0.2) is 18.9 Å². The highest BCUT2D eigenvalue weighted by Crippen LogP contribution is 2.11. The first-order valence-corrected chi connectivity index (χ1v) is 5.48. The van der Waals surface area contributed by atoms with E-state index in [9.17, 15) is 0 Å². The maximum absolute atomic E-state index is 5.67. The summed E-state index contributed by atoms with van der Waals surface area (Å²) in [6, 6.07) is 14.2. The van der Waals surface area contributed by atoms with Crippen molar-refractivity contribution in [3.05, 3.63) is 60.4 Å². The quantitative estimate of drug-likeness (QED) is 0.712. The van der Waals surface area contributed by atoms with Gasteiger partial charge in [0.05, 0.1) is 0 Å². The summed E-state index contributed by atoms with van der Waals surface area (Å²) in [6.45, 7) is 3.63. The fourth-order valence-electron chi connectivity index (χ4n) is 1.56. The fraction of sp³-hybridized carbons (Fsp3) is 0.214. The van der Waals surface area contributed by atoms with E-state index in [2.05, 4.69) is 23.6 Å². The molecule has 2 heteroatoms. The van der Waals surface area contributed by atoms with Crippen molar-refractivity contribution in [2.45, 2.75) is 13.5 Å². The van der Waals surface area contributed by atoms with Crippen molar-refractivity contribution in [2.75, 3.05) is 6.61 Å². The lowest BCUT2D eigenvalue weighted by Gasteiger charge is -2.04. The Balaban J connectivity index is 1.85. The molecule has 2 nitrogen and oxygen atoms in total. The Morgan fingerprint density at radius 2 is 1.88 bits per heavy atom. The van der Waals surface area contributed by atoms with Crippen molar-refractivity contribution in [3.63, 3.8) is 0 Å². The van der Waals surface area contributed by atoms with E-state index in [-0.39, 0.29) is 0 Å². The van der Waals surface area contributed by atoms with Gasteiger partial charge < -0.3 is 4.74 Å². The average Bonchev–Trinajstić information content (AvgIpc) is 2.30. The second-order valence-corrected chi connectivity index (χ2v) is 3.78. The number of aromatic nitrogens is 1. The van der Waals surface area contributed by atoms with E-state index in [1.807, 2.05) is 42.7 Å². The first-order chi connectivity index (χ1) is 7.84. The number of ether oxygens (including phenoxy) is 1. The third-order valence-corrected chi connectivity index (χ3v) is 2.39. The molecule has 16 heavy (non-hydrogen) atoms. The molecule has 0 radical (unpaired) electrons. The van der Waals surface area contributed by atoms with Gasteiger partial charge in [0.25, 0.3) is 0 Å². The van der Waals surface area contributed by atoms with Gasteiger partial charge in [-0.1, -0.05) is 18.2 Å². The summed E-state index contributed by atoms with van der Waals surface area (Å²) < 4.78 is 7.78. The van der Waals surface area contributed by atoms with Gasteiger partial charge in [-0.2, -0.15) is 0 Å². The smallest absolute Gasteiger partial charge is 0.182 e. The van der Waals surface area contributed by atoms with Gasteiger partial charge in [0, 0.05) is 12.1 Å². The molecule has 2 rings (SSSR count). The van der Waals surface area contributed by atoms with Crippen molar-refractivity contribution in [1.29, 1.82) is 0 Å². The lowest BCUT2D eigenvalue weighted by atomic mass is 10.2. The third-order valence-electron chi connectivity index (χ3n) is 2.39. The molecule has 0 aliphatic carbocycles. The third kappa shape index (κ3) is 3.09. The minimum atomic E-state index is 0.693. The van der Waals surface area contributed by atoms with E-state index in [1.54, 1.807) is 0 Å². The maximum Gasteiger partial charge on any atom is 0.182 e. The van der Waals surface area contributed by atoms with Gasteiger partial charge in [0.2, 0.25) is 0 Å². The molecular formula is C14H16NO+. The largest absolute Gasteiger partial charge is 0.487 e. The van der Waals surface area contributed by atoms with Crippen molar-refractivity contribution in [3.8, 4) is 5.75 Å². The summed E-state index contributed by atoms with van der Waals surface area (Å²) in [7, 11) is 0. The molecule has 0 atom stereocenters. The lowest BCUT2D eigenvalue weighted by Crippen LogP contribution is -2.35. The zero-order valence-electron chi connectivity index (χ0n) is 9.47. The van der Waals surface area contributed by atoms with Crippen LogP contribution >= 0.6 is 0 Å². The average molecular weight is 214 g/mol. The number of aryl methyl sites for hydroxylation is 1. The molecule has 0 unspecified atom stereocenters. The standard InChI is InChI=1S/C14H16NO/c1-13-6-5-7-14(12-13)16-11-10-15-8-3-2-4-9-15/h2-9,12H,10-11H2,1H3/q+1. The minimum absolute atomic E-state index is 0.693. The molecule has 0 aliphatic rings. The highest BCUT2D eigenvalue weighted by molar-refractivity contribution is 5.27.